The van der Waals surface area contributed by atoms with Crippen molar-refractivity contribution in [3.05, 3.63) is 81.4 Å². The normalized spacial score (nSPS) is 11.3. The number of H-pyrrole nitrogens is 1. The molecule has 5 rings (SSSR count). The lowest BCUT2D eigenvalue weighted by Gasteiger charge is -2.06. The number of rotatable bonds is 3. The molecule has 142 valence electrons. The number of benzene rings is 3. The van der Waals surface area contributed by atoms with Crippen molar-refractivity contribution in [2.75, 3.05) is 5.32 Å². The molecule has 0 aliphatic rings. The molecular weight excluding hydrogens is 388 g/mol. The first-order chi connectivity index (χ1) is 14.1. The third-order valence-electron chi connectivity index (χ3n) is 4.72. The number of aromatic nitrogens is 3. The summed E-state index contributed by atoms with van der Waals surface area (Å²) in [5.41, 5.74) is -0.0234. The molecule has 0 aliphatic heterocycles. The van der Waals surface area contributed by atoms with Crippen molar-refractivity contribution in [3.63, 3.8) is 0 Å². The van der Waals surface area contributed by atoms with Crippen molar-refractivity contribution in [2.24, 2.45) is 0 Å². The minimum atomic E-state index is -0.443. The van der Waals surface area contributed by atoms with E-state index < -0.39 is 17.0 Å². The first-order valence-corrected chi connectivity index (χ1v) is 9.72. The molecule has 8 heteroatoms. The van der Waals surface area contributed by atoms with Gasteiger partial charge in [0.2, 0.25) is 5.91 Å². The van der Waals surface area contributed by atoms with Gasteiger partial charge >= 0.3 is 0 Å². The Hall–Kier alpha value is -3.78. The summed E-state index contributed by atoms with van der Waals surface area (Å²) >= 11 is 1.36. The van der Waals surface area contributed by atoms with E-state index in [4.69, 9.17) is 0 Å². The summed E-state index contributed by atoms with van der Waals surface area (Å²) in [4.78, 5) is 41.8. The number of fused-ring (bicyclic) bond motifs is 4. The van der Waals surface area contributed by atoms with Crippen LogP contribution >= 0.6 is 11.3 Å². The number of anilines is 1. The average Bonchev–Trinajstić information content (AvgIpc) is 3.14. The van der Waals surface area contributed by atoms with Crippen LogP contribution in [0.5, 0.6) is 0 Å². The van der Waals surface area contributed by atoms with Crippen LogP contribution in [0.1, 0.15) is 0 Å². The second kappa shape index (κ2) is 6.68. The number of aromatic amines is 1. The summed E-state index contributed by atoms with van der Waals surface area (Å²) in [7, 11) is 0. The van der Waals surface area contributed by atoms with Gasteiger partial charge in [-0.05, 0) is 23.6 Å². The van der Waals surface area contributed by atoms with Crippen LogP contribution in [0.4, 0.5) is 5.13 Å². The Morgan fingerprint density at radius 3 is 2.52 bits per heavy atom. The zero-order chi connectivity index (χ0) is 20.0. The SMILES string of the molecule is O=C(Cn1[nH]c(=O)c2ccccc2c1=O)Nc1nc2c(ccc3ccccc32)s1. The first-order valence-electron chi connectivity index (χ1n) is 8.90. The summed E-state index contributed by atoms with van der Waals surface area (Å²) < 4.78 is 1.97. The molecule has 0 saturated heterocycles. The number of hydrogen-bond acceptors (Lipinski definition) is 5. The van der Waals surface area contributed by atoms with Gasteiger partial charge in [0.1, 0.15) is 6.54 Å². The molecule has 0 fully saturated rings. The highest BCUT2D eigenvalue weighted by atomic mass is 32.1. The smallest absolute Gasteiger partial charge is 0.273 e. The molecule has 0 aliphatic carbocycles. The molecule has 2 N–H and O–H groups in total. The Kier molecular flexibility index (Phi) is 3.99. The number of hydrogen-bond donors (Lipinski definition) is 2. The molecule has 3 aromatic carbocycles. The van der Waals surface area contributed by atoms with E-state index in [0.717, 1.165) is 25.7 Å². The summed E-state index contributed by atoms with van der Waals surface area (Å²) in [6, 6.07) is 18.4. The topological polar surface area (TPSA) is 96.9 Å². The Labute approximate surface area is 167 Å². The molecule has 0 spiro atoms. The Balaban J connectivity index is 1.46. The van der Waals surface area contributed by atoms with E-state index in [2.05, 4.69) is 15.4 Å². The van der Waals surface area contributed by atoms with E-state index in [1.165, 1.54) is 11.3 Å². The summed E-state index contributed by atoms with van der Waals surface area (Å²) in [5, 5.41) is 8.28. The molecule has 7 nitrogen and oxygen atoms in total. The standard InChI is InChI=1S/C21H14N4O3S/c26-17(11-25-20(28)15-8-4-3-7-14(15)19(27)24-25)22-21-23-18-13-6-2-1-5-12(13)9-10-16(18)29-21/h1-10H,11H2,(H,24,27)(H,22,23,26). The van der Waals surface area contributed by atoms with Gasteiger partial charge in [-0.2, -0.15) is 0 Å². The third kappa shape index (κ3) is 2.99. The lowest BCUT2D eigenvalue weighted by molar-refractivity contribution is -0.117. The predicted molar refractivity (Wildman–Crippen MR) is 115 cm³/mol. The Morgan fingerprint density at radius 1 is 0.966 bits per heavy atom. The van der Waals surface area contributed by atoms with Crippen LogP contribution in [-0.2, 0) is 11.3 Å². The van der Waals surface area contributed by atoms with Gasteiger partial charge in [0.25, 0.3) is 11.1 Å². The number of nitrogens with one attached hydrogen (secondary N) is 2. The van der Waals surface area contributed by atoms with Gasteiger partial charge in [0.05, 0.1) is 21.0 Å². The van der Waals surface area contributed by atoms with Crippen molar-refractivity contribution >= 4 is 54.1 Å². The van der Waals surface area contributed by atoms with Crippen LogP contribution in [0.25, 0.3) is 31.8 Å². The Bertz CT molecular complexity index is 1530. The molecule has 0 saturated carbocycles. The monoisotopic (exact) mass is 402 g/mol. The van der Waals surface area contributed by atoms with Crippen LogP contribution in [-0.4, -0.2) is 20.7 Å². The zero-order valence-electron chi connectivity index (χ0n) is 15.0. The van der Waals surface area contributed by atoms with Gasteiger partial charge in [-0.15, -0.1) is 0 Å². The summed E-state index contributed by atoms with van der Waals surface area (Å²) in [5.74, 6) is -0.443. The van der Waals surface area contributed by atoms with Crippen LogP contribution in [0, 0.1) is 0 Å². The molecule has 29 heavy (non-hydrogen) atoms. The van der Waals surface area contributed by atoms with Crippen molar-refractivity contribution in [3.8, 4) is 0 Å². The summed E-state index contributed by atoms with van der Waals surface area (Å²) in [6.07, 6.45) is 0. The van der Waals surface area contributed by atoms with Gasteiger partial charge in [-0.3, -0.25) is 19.5 Å². The maximum Gasteiger partial charge on any atom is 0.273 e. The van der Waals surface area contributed by atoms with Crippen molar-refractivity contribution in [2.45, 2.75) is 6.54 Å². The minimum absolute atomic E-state index is 0.274. The van der Waals surface area contributed by atoms with Gasteiger partial charge < -0.3 is 5.32 Å². The number of carbonyl (C=O) groups is 1. The highest BCUT2D eigenvalue weighted by Crippen LogP contribution is 2.31. The molecule has 0 unspecified atom stereocenters. The van der Waals surface area contributed by atoms with Crippen LogP contribution < -0.4 is 16.4 Å². The Morgan fingerprint density at radius 2 is 1.69 bits per heavy atom. The van der Waals surface area contributed by atoms with E-state index >= 15 is 0 Å². The van der Waals surface area contributed by atoms with E-state index in [-0.39, 0.29) is 11.9 Å². The highest BCUT2D eigenvalue weighted by molar-refractivity contribution is 7.22. The van der Waals surface area contributed by atoms with E-state index in [9.17, 15) is 14.4 Å². The molecule has 5 aromatic rings. The second-order valence-corrected chi connectivity index (χ2v) is 7.61. The maximum atomic E-state index is 12.6. The van der Waals surface area contributed by atoms with Crippen molar-refractivity contribution in [1.82, 2.24) is 14.8 Å². The van der Waals surface area contributed by atoms with E-state index in [1.54, 1.807) is 24.3 Å². The van der Waals surface area contributed by atoms with Gasteiger partial charge in [0, 0.05) is 5.39 Å². The zero-order valence-corrected chi connectivity index (χ0v) is 15.8. The van der Waals surface area contributed by atoms with E-state index in [1.807, 2.05) is 36.4 Å². The largest absolute Gasteiger partial charge is 0.300 e. The molecule has 2 aromatic heterocycles. The minimum Gasteiger partial charge on any atom is -0.300 e. The fraction of sp³-hybridized carbons (Fsp3) is 0.0476. The number of nitrogens with zero attached hydrogens (tertiary/aromatic N) is 2. The van der Waals surface area contributed by atoms with Gasteiger partial charge in [-0.1, -0.05) is 53.8 Å². The van der Waals surface area contributed by atoms with Crippen LogP contribution in [0.2, 0.25) is 0 Å². The van der Waals surface area contributed by atoms with Gasteiger partial charge in [0.15, 0.2) is 5.13 Å². The molecule has 1 amide bonds. The summed E-state index contributed by atoms with van der Waals surface area (Å²) in [6.45, 7) is -0.310. The lowest BCUT2D eigenvalue weighted by Crippen LogP contribution is -2.34. The highest BCUT2D eigenvalue weighted by Gasteiger charge is 2.13. The average molecular weight is 402 g/mol. The molecule has 0 atom stereocenters. The predicted octanol–water partition coefficient (Wildman–Crippen LogP) is 3.09. The molecule has 2 heterocycles. The molecule has 0 radical (unpaired) electrons. The molecular formula is C21H14N4O3S. The van der Waals surface area contributed by atoms with Crippen LogP contribution in [0.15, 0.2) is 70.3 Å². The van der Waals surface area contributed by atoms with Crippen molar-refractivity contribution < 1.29 is 4.79 Å². The number of thiazole rings is 1. The van der Waals surface area contributed by atoms with Crippen molar-refractivity contribution in [1.29, 1.82) is 0 Å². The van der Waals surface area contributed by atoms with E-state index in [0.29, 0.717) is 10.5 Å². The fourth-order valence-corrected chi connectivity index (χ4v) is 4.27. The quantitative estimate of drug-likeness (QED) is 0.485. The molecule has 0 bridgehead atoms. The van der Waals surface area contributed by atoms with Gasteiger partial charge in [-0.25, -0.2) is 9.67 Å². The first kappa shape index (κ1) is 17.3. The third-order valence-corrected chi connectivity index (χ3v) is 5.65. The maximum absolute atomic E-state index is 12.6. The second-order valence-electron chi connectivity index (χ2n) is 6.58. The van der Waals surface area contributed by atoms with Crippen LogP contribution in [0.3, 0.4) is 0 Å². The fourth-order valence-electron chi connectivity index (χ4n) is 3.38. The number of carbonyl (C=O) groups excluding carboxylic acids is 1. The number of amides is 1. The lowest BCUT2D eigenvalue weighted by atomic mass is 10.1.